The summed E-state index contributed by atoms with van der Waals surface area (Å²) in [5, 5.41) is 12.5. The number of ether oxygens (including phenoxy) is 2. The van der Waals surface area contributed by atoms with Crippen LogP contribution < -0.4 is 5.32 Å². The number of piperidine rings is 1. The van der Waals surface area contributed by atoms with Crippen LogP contribution in [0, 0.1) is 5.92 Å². The number of fused-ring (bicyclic) bond motifs is 3. The van der Waals surface area contributed by atoms with Crippen molar-refractivity contribution >= 4 is 18.2 Å². The summed E-state index contributed by atoms with van der Waals surface area (Å²) in [5.74, 6) is -1.26. The second-order valence-electron chi connectivity index (χ2n) is 10.1. The normalized spacial score (nSPS) is 19.5. The van der Waals surface area contributed by atoms with Crippen LogP contribution in [0.4, 0.5) is 9.59 Å². The fourth-order valence-corrected chi connectivity index (χ4v) is 4.90. The summed E-state index contributed by atoms with van der Waals surface area (Å²) in [6.07, 6.45) is -0.375. The fraction of sp³-hybridized carbons (Fsp3) is 0.444. The molecule has 8 nitrogen and oxygen atoms in total. The Morgan fingerprint density at radius 3 is 2.20 bits per heavy atom. The molecule has 4 rings (SSSR count). The van der Waals surface area contributed by atoms with Crippen LogP contribution in [-0.2, 0) is 14.3 Å². The molecule has 8 heteroatoms. The average molecular weight is 481 g/mol. The van der Waals surface area contributed by atoms with Crippen LogP contribution in [0.1, 0.15) is 50.7 Å². The lowest BCUT2D eigenvalue weighted by Crippen LogP contribution is -2.52. The van der Waals surface area contributed by atoms with Gasteiger partial charge in [-0.05, 0) is 61.8 Å². The minimum Gasteiger partial charge on any atom is -0.480 e. The molecule has 35 heavy (non-hydrogen) atoms. The van der Waals surface area contributed by atoms with E-state index in [2.05, 4.69) is 17.4 Å². The topological polar surface area (TPSA) is 105 Å². The van der Waals surface area contributed by atoms with Gasteiger partial charge in [0.15, 0.2) is 0 Å². The Kier molecular flexibility index (Phi) is 7.00. The van der Waals surface area contributed by atoms with E-state index >= 15 is 0 Å². The molecule has 0 saturated carbocycles. The fourth-order valence-electron chi connectivity index (χ4n) is 4.90. The van der Waals surface area contributed by atoms with Crippen molar-refractivity contribution in [1.29, 1.82) is 0 Å². The van der Waals surface area contributed by atoms with E-state index in [1.165, 1.54) is 4.90 Å². The number of aliphatic carboxylic acids is 1. The standard InChI is InChI=1S/C27H32N2O6/c1-27(2,3)35-25(32)28-15-17-12-13-29(23(14-17)24(30)31)26(33)34-16-22-20-10-6-4-8-18(20)19-9-5-7-11-21(19)22/h4-11,17,22-23H,12-16H2,1-3H3,(H,28,32)(H,30,31). The largest absolute Gasteiger partial charge is 0.480 e. The van der Waals surface area contributed by atoms with Crippen LogP contribution in [0.5, 0.6) is 0 Å². The van der Waals surface area contributed by atoms with Crippen molar-refractivity contribution in [3.05, 3.63) is 59.7 Å². The van der Waals surface area contributed by atoms with E-state index in [0.717, 1.165) is 22.3 Å². The minimum atomic E-state index is -1.08. The molecule has 1 heterocycles. The van der Waals surface area contributed by atoms with E-state index in [1.54, 1.807) is 20.8 Å². The smallest absolute Gasteiger partial charge is 0.410 e. The molecule has 1 aliphatic carbocycles. The zero-order chi connectivity index (χ0) is 25.2. The SMILES string of the molecule is CC(C)(C)OC(=O)NCC1CCN(C(=O)OCC2c3ccccc3-c3ccccc32)C(C(=O)O)C1. The molecule has 2 aromatic rings. The summed E-state index contributed by atoms with van der Waals surface area (Å²) in [6.45, 7) is 6.00. The lowest BCUT2D eigenvalue weighted by molar-refractivity contribution is -0.144. The van der Waals surface area contributed by atoms with Gasteiger partial charge >= 0.3 is 18.2 Å². The number of hydrogen-bond acceptors (Lipinski definition) is 5. The Morgan fingerprint density at radius 2 is 1.63 bits per heavy atom. The van der Waals surface area contributed by atoms with E-state index in [1.807, 2.05) is 36.4 Å². The highest BCUT2D eigenvalue weighted by Crippen LogP contribution is 2.44. The first-order valence-electron chi connectivity index (χ1n) is 12.0. The van der Waals surface area contributed by atoms with Gasteiger partial charge in [-0.1, -0.05) is 48.5 Å². The van der Waals surface area contributed by atoms with Crippen molar-refractivity contribution in [1.82, 2.24) is 10.2 Å². The first-order valence-corrected chi connectivity index (χ1v) is 12.0. The van der Waals surface area contributed by atoms with Gasteiger partial charge in [-0.2, -0.15) is 0 Å². The highest BCUT2D eigenvalue weighted by atomic mass is 16.6. The van der Waals surface area contributed by atoms with E-state index in [4.69, 9.17) is 9.47 Å². The van der Waals surface area contributed by atoms with Crippen molar-refractivity contribution in [2.75, 3.05) is 19.7 Å². The summed E-state index contributed by atoms with van der Waals surface area (Å²) in [4.78, 5) is 38.2. The quantitative estimate of drug-likeness (QED) is 0.647. The number of carbonyl (C=O) groups excluding carboxylic acids is 2. The summed E-state index contributed by atoms with van der Waals surface area (Å²) in [6, 6.07) is 15.1. The molecule has 0 bridgehead atoms. The monoisotopic (exact) mass is 480 g/mol. The van der Waals surface area contributed by atoms with Crippen LogP contribution in [0.25, 0.3) is 11.1 Å². The number of nitrogens with one attached hydrogen (secondary N) is 1. The van der Waals surface area contributed by atoms with E-state index in [0.29, 0.717) is 6.42 Å². The van der Waals surface area contributed by atoms with E-state index < -0.39 is 29.8 Å². The molecule has 2 aromatic carbocycles. The second-order valence-corrected chi connectivity index (χ2v) is 10.1. The molecular formula is C27H32N2O6. The third-order valence-corrected chi connectivity index (χ3v) is 6.50. The molecule has 0 spiro atoms. The number of nitrogens with zero attached hydrogens (tertiary/aromatic N) is 1. The lowest BCUT2D eigenvalue weighted by atomic mass is 9.91. The molecule has 1 aliphatic heterocycles. The predicted molar refractivity (Wildman–Crippen MR) is 130 cm³/mol. The highest BCUT2D eigenvalue weighted by molar-refractivity contribution is 5.81. The van der Waals surface area contributed by atoms with Crippen LogP contribution in [0.15, 0.2) is 48.5 Å². The van der Waals surface area contributed by atoms with Crippen LogP contribution in [0.2, 0.25) is 0 Å². The van der Waals surface area contributed by atoms with Gasteiger partial charge in [0.05, 0.1) is 0 Å². The summed E-state index contributed by atoms with van der Waals surface area (Å²) in [7, 11) is 0. The average Bonchev–Trinajstić information content (AvgIpc) is 3.13. The molecule has 2 N–H and O–H groups in total. The summed E-state index contributed by atoms with van der Waals surface area (Å²) in [5.41, 5.74) is 3.85. The number of hydrogen-bond donors (Lipinski definition) is 2. The second kappa shape index (κ2) is 9.98. The summed E-state index contributed by atoms with van der Waals surface area (Å²) < 4.78 is 10.9. The number of carboxylic acid groups (broad SMARTS) is 1. The zero-order valence-corrected chi connectivity index (χ0v) is 20.3. The Balaban J connectivity index is 1.37. The molecule has 1 fully saturated rings. The Hall–Kier alpha value is -3.55. The van der Waals surface area contributed by atoms with Crippen LogP contribution in [-0.4, -0.2) is 59.5 Å². The van der Waals surface area contributed by atoms with Gasteiger partial charge in [-0.15, -0.1) is 0 Å². The molecule has 2 aliphatic rings. The molecule has 2 amide bonds. The molecule has 0 aromatic heterocycles. The summed E-state index contributed by atoms with van der Waals surface area (Å²) >= 11 is 0. The molecule has 186 valence electrons. The Morgan fingerprint density at radius 1 is 1.03 bits per heavy atom. The molecule has 2 atom stereocenters. The Labute approximate surface area is 205 Å². The van der Waals surface area contributed by atoms with Crippen LogP contribution in [0.3, 0.4) is 0 Å². The van der Waals surface area contributed by atoms with Gasteiger partial charge in [0.2, 0.25) is 0 Å². The maximum absolute atomic E-state index is 13.0. The van der Waals surface area contributed by atoms with Gasteiger partial charge < -0.3 is 19.9 Å². The molecular weight excluding hydrogens is 448 g/mol. The number of benzene rings is 2. The van der Waals surface area contributed by atoms with Crippen molar-refractivity contribution in [2.45, 2.75) is 51.2 Å². The minimum absolute atomic E-state index is 0.0822. The molecule has 2 unspecified atom stereocenters. The van der Waals surface area contributed by atoms with Crippen molar-refractivity contribution in [3.8, 4) is 11.1 Å². The van der Waals surface area contributed by atoms with Crippen molar-refractivity contribution < 1.29 is 29.0 Å². The van der Waals surface area contributed by atoms with E-state index in [-0.39, 0.29) is 38.0 Å². The van der Waals surface area contributed by atoms with Crippen molar-refractivity contribution in [2.24, 2.45) is 5.92 Å². The maximum atomic E-state index is 13.0. The maximum Gasteiger partial charge on any atom is 0.410 e. The van der Waals surface area contributed by atoms with Gasteiger partial charge in [0.25, 0.3) is 0 Å². The van der Waals surface area contributed by atoms with Gasteiger partial charge in [0, 0.05) is 19.0 Å². The van der Waals surface area contributed by atoms with Gasteiger partial charge in [0.1, 0.15) is 18.2 Å². The number of carbonyl (C=O) groups is 3. The Bertz CT molecular complexity index is 1060. The number of rotatable bonds is 5. The predicted octanol–water partition coefficient (Wildman–Crippen LogP) is 4.63. The third kappa shape index (κ3) is 5.58. The lowest BCUT2D eigenvalue weighted by Gasteiger charge is -2.36. The number of carboxylic acids is 1. The van der Waals surface area contributed by atoms with Gasteiger partial charge in [-0.3, -0.25) is 4.90 Å². The third-order valence-electron chi connectivity index (χ3n) is 6.50. The van der Waals surface area contributed by atoms with E-state index in [9.17, 15) is 19.5 Å². The highest BCUT2D eigenvalue weighted by Gasteiger charge is 2.38. The number of likely N-dealkylation sites (tertiary alicyclic amines) is 1. The zero-order valence-electron chi connectivity index (χ0n) is 20.3. The molecule has 0 radical (unpaired) electrons. The number of amides is 2. The van der Waals surface area contributed by atoms with Gasteiger partial charge in [-0.25, -0.2) is 14.4 Å². The van der Waals surface area contributed by atoms with Crippen LogP contribution >= 0.6 is 0 Å². The molecule has 1 saturated heterocycles. The first kappa shape index (κ1) is 24.6. The van der Waals surface area contributed by atoms with Crippen molar-refractivity contribution in [3.63, 3.8) is 0 Å². The number of alkyl carbamates (subject to hydrolysis) is 1. The first-order chi connectivity index (χ1) is 16.6.